The molecule has 0 amide bonds. The second-order valence-electron chi connectivity index (χ2n) is 4.92. The van der Waals surface area contributed by atoms with Crippen molar-refractivity contribution in [2.24, 2.45) is 0 Å². The number of hydrogen-bond acceptors (Lipinski definition) is 5. The highest BCUT2D eigenvalue weighted by Crippen LogP contribution is 2.27. The molecule has 0 aliphatic carbocycles. The first-order valence-corrected chi connectivity index (χ1v) is 6.83. The van der Waals surface area contributed by atoms with Gasteiger partial charge in [0.05, 0.1) is 23.1 Å². The van der Waals surface area contributed by atoms with Crippen LogP contribution in [0.25, 0.3) is 11.4 Å². The fourth-order valence-corrected chi connectivity index (χ4v) is 2.47. The number of aromatic nitrogens is 2. The van der Waals surface area contributed by atoms with Gasteiger partial charge in [0, 0.05) is 26.2 Å². The first-order chi connectivity index (χ1) is 9.75. The molecule has 0 atom stereocenters. The Hall–Kier alpha value is -2.14. The molecule has 2 aromatic rings. The molecule has 3 rings (SSSR count). The van der Waals surface area contributed by atoms with Crippen LogP contribution in [0, 0.1) is 6.92 Å². The zero-order valence-corrected chi connectivity index (χ0v) is 11.5. The lowest BCUT2D eigenvalue weighted by molar-refractivity contribution is 0.477. The molecule has 20 heavy (non-hydrogen) atoms. The minimum atomic E-state index is 0.210. The number of piperazine rings is 1. The van der Waals surface area contributed by atoms with Crippen LogP contribution in [0.5, 0.6) is 5.75 Å². The highest BCUT2D eigenvalue weighted by molar-refractivity contribution is 5.65. The molecule has 1 aliphatic heterocycles. The maximum atomic E-state index is 9.87. The van der Waals surface area contributed by atoms with Gasteiger partial charge < -0.3 is 15.3 Å². The van der Waals surface area contributed by atoms with Crippen LogP contribution >= 0.6 is 0 Å². The average molecular weight is 270 g/mol. The molecular formula is C15H18N4O. The quantitative estimate of drug-likeness (QED) is 0.867. The summed E-state index contributed by atoms with van der Waals surface area (Å²) >= 11 is 0. The van der Waals surface area contributed by atoms with Gasteiger partial charge in [0.1, 0.15) is 5.75 Å². The van der Waals surface area contributed by atoms with E-state index in [-0.39, 0.29) is 5.75 Å². The van der Waals surface area contributed by atoms with E-state index >= 15 is 0 Å². The first-order valence-electron chi connectivity index (χ1n) is 6.83. The van der Waals surface area contributed by atoms with Crippen LogP contribution in [0.3, 0.4) is 0 Å². The number of rotatable bonds is 2. The fourth-order valence-electron chi connectivity index (χ4n) is 2.47. The molecule has 1 aromatic carbocycles. The molecule has 104 valence electrons. The van der Waals surface area contributed by atoms with Crippen molar-refractivity contribution in [1.82, 2.24) is 15.3 Å². The summed E-state index contributed by atoms with van der Waals surface area (Å²) in [5.41, 5.74) is 2.69. The normalized spacial score (nSPS) is 15.3. The lowest BCUT2D eigenvalue weighted by atomic mass is 10.2. The van der Waals surface area contributed by atoms with Crippen molar-refractivity contribution >= 4 is 5.69 Å². The zero-order chi connectivity index (χ0) is 13.9. The Morgan fingerprint density at radius 2 is 1.95 bits per heavy atom. The van der Waals surface area contributed by atoms with Gasteiger partial charge in [-0.15, -0.1) is 0 Å². The van der Waals surface area contributed by atoms with Gasteiger partial charge in [0.25, 0.3) is 0 Å². The third kappa shape index (κ3) is 2.44. The predicted octanol–water partition coefficient (Wildman–Crippen LogP) is 1.57. The molecule has 0 spiro atoms. The molecular weight excluding hydrogens is 252 g/mol. The number of anilines is 1. The van der Waals surface area contributed by atoms with Crippen LogP contribution in [0.15, 0.2) is 30.5 Å². The summed E-state index contributed by atoms with van der Waals surface area (Å²) in [7, 11) is 0. The Morgan fingerprint density at radius 1 is 1.20 bits per heavy atom. The van der Waals surface area contributed by atoms with Gasteiger partial charge in [0.2, 0.25) is 0 Å². The Morgan fingerprint density at radius 3 is 2.65 bits per heavy atom. The van der Waals surface area contributed by atoms with Crippen molar-refractivity contribution in [3.63, 3.8) is 0 Å². The van der Waals surface area contributed by atoms with E-state index in [9.17, 15) is 5.11 Å². The van der Waals surface area contributed by atoms with Gasteiger partial charge in [-0.3, -0.25) is 0 Å². The van der Waals surface area contributed by atoms with Gasteiger partial charge >= 0.3 is 0 Å². The number of para-hydroxylation sites is 1. The van der Waals surface area contributed by atoms with E-state index in [4.69, 9.17) is 0 Å². The molecule has 0 radical (unpaired) electrons. The Kier molecular flexibility index (Phi) is 3.52. The minimum absolute atomic E-state index is 0.210. The van der Waals surface area contributed by atoms with Crippen LogP contribution in [0.2, 0.25) is 0 Å². The van der Waals surface area contributed by atoms with Crippen LogP contribution < -0.4 is 10.2 Å². The van der Waals surface area contributed by atoms with E-state index in [1.54, 1.807) is 12.1 Å². The number of aryl methyl sites for hydroxylation is 1. The van der Waals surface area contributed by atoms with Gasteiger partial charge in [-0.05, 0) is 19.1 Å². The number of hydrogen-bond donors (Lipinski definition) is 2. The molecule has 2 heterocycles. The second kappa shape index (κ2) is 5.46. The minimum Gasteiger partial charge on any atom is -0.507 e. The van der Waals surface area contributed by atoms with Gasteiger partial charge in [-0.1, -0.05) is 12.1 Å². The van der Waals surface area contributed by atoms with Crippen LogP contribution in [-0.2, 0) is 0 Å². The molecule has 1 aromatic heterocycles. The van der Waals surface area contributed by atoms with E-state index in [0.717, 1.165) is 37.6 Å². The van der Waals surface area contributed by atoms with Crippen LogP contribution in [0.1, 0.15) is 5.69 Å². The van der Waals surface area contributed by atoms with E-state index in [1.165, 1.54) is 0 Å². The number of aromatic hydroxyl groups is 1. The molecule has 5 nitrogen and oxygen atoms in total. The fraction of sp³-hybridized carbons (Fsp3) is 0.333. The third-order valence-electron chi connectivity index (χ3n) is 3.56. The Bertz CT molecular complexity index is 609. The average Bonchev–Trinajstić information content (AvgIpc) is 2.48. The number of benzene rings is 1. The molecule has 1 fully saturated rings. The number of phenols is 1. The molecule has 2 N–H and O–H groups in total. The van der Waals surface area contributed by atoms with E-state index in [0.29, 0.717) is 11.4 Å². The van der Waals surface area contributed by atoms with Crippen molar-refractivity contribution in [2.75, 3.05) is 31.1 Å². The summed E-state index contributed by atoms with van der Waals surface area (Å²) in [4.78, 5) is 11.3. The summed E-state index contributed by atoms with van der Waals surface area (Å²) < 4.78 is 0. The highest BCUT2D eigenvalue weighted by atomic mass is 16.3. The number of nitrogens with one attached hydrogen (secondary N) is 1. The molecule has 0 unspecified atom stereocenters. The van der Waals surface area contributed by atoms with Gasteiger partial charge in [-0.25, -0.2) is 9.97 Å². The maximum absolute atomic E-state index is 9.87. The SMILES string of the molecule is Cc1nc(-c2ccccc2O)ncc1N1CCNCC1. The summed E-state index contributed by atoms with van der Waals surface area (Å²) in [6, 6.07) is 7.14. The predicted molar refractivity (Wildman–Crippen MR) is 79.0 cm³/mol. The Balaban J connectivity index is 1.93. The topological polar surface area (TPSA) is 61.3 Å². The lowest BCUT2D eigenvalue weighted by Crippen LogP contribution is -2.43. The summed E-state index contributed by atoms with van der Waals surface area (Å²) in [5, 5.41) is 13.2. The molecule has 1 aliphatic rings. The summed E-state index contributed by atoms with van der Waals surface area (Å²) in [6.07, 6.45) is 1.86. The van der Waals surface area contributed by atoms with Crippen LogP contribution in [0.4, 0.5) is 5.69 Å². The Labute approximate surface area is 118 Å². The standard InChI is InChI=1S/C15H18N4O/c1-11-13(19-8-6-16-7-9-19)10-17-15(18-11)12-4-2-3-5-14(12)20/h2-5,10,16,20H,6-9H2,1H3. The monoisotopic (exact) mass is 270 g/mol. The largest absolute Gasteiger partial charge is 0.507 e. The number of nitrogens with zero attached hydrogens (tertiary/aromatic N) is 3. The maximum Gasteiger partial charge on any atom is 0.163 e. The summed E-state index contributed by atoms with van der Waals surface area (Å²) in [5.74, 6) is 0.779. The van der Waals surface area contributed by atoms with E-state index in [2.05, 4.69) is 20.2 Å². The first kappa shape index (κ1) is 12.9. The van der Waals surface area contributed by atoms with Crippen LogP contribution in [-0.4, -0.2) is 41.3 Å². The third-order valence-corrected chi connectivity index (χ3v) is 3.56. The van der Waals surface area contributed by atoms with Crippen molar-refractivity contribution in [1.29, 1.82) is 0 Å². The van der Waals surface area contributed by atoms with Crippen molar-refractivity contribution < 1.29 is 5.11 Å². The molecule has 1 saturated heterocycles. The molecule has 0 saturated carbocycles. The van der Waals surface area contributed by atoms with Crippen molar-refractivity contribution in [3.8, 4) is 17.1 Å². The highest BCUT2D eigenvalue weighted by Gasteiger charge is 2.15. The van der Waals surface area contributed by atoms with Gasteiger partial charge in [-0.2, -0.15) is 0 Å². The second-order valence-corrected chi connectivity index (χ2v) is 4.92. The molecule has 5 heteroatoms. The van der Waals surface area contributed by atoms with E-state index in [1.807, 2.05) is 25.3 Å². The summed E-state index contributed by atoms with van der Waals surface area (Å²) in [6.45, 7) is 5.91. The smallest absolute Gasteiger partial charge is 0.163 e. The van der Waals surface area contributed by atoms with E-state index < -0.39 is 0 Å². The molecule has 0 bridgehead atoms. The zero-order valence-electron chi connectivity index (χ0n) is 11.5. The number of phenolic OH excluding ortho intramolecular Hbond substituents is 1. The van der Waals surface area contributed by atoms with Gasteiger partial charge in [0.15, 0.2) is 5.82 Å². The van der Waals surface area contributed by atoms with Crippen molar-refractivity contribution in [3.05, 3.63) is 36.2 Å². The van der Waals surface area contributed by atoms with Crippen molar-refractivity contribution in [2.45, 2.75) is 6.92 Å². The lowest BCUT2D eigenvalue weighted by Gasteiger charge is -2.30.